The summed E-state index contributed by atoms with van der Waals surface area (Å²) < 4.78 is 5.11. The number of nitrogens with zero attached hydrogens (tertiary/aromatic N) is 2. The zero-order chi connectivity index (χ0) is 15.5. The van der Waals surface area contributed by atoms with E-state index in [9.17, 15) is 0 Å². The summed E-state index contributed by atoms with van der Waals surface area (Å²) in [5, 5.41) is 1.40. The Balaban J connectivity index is 1.77. The summed E-state index contributed by atoms with van der Waals surface area (Å²) in [5.41, 5.74) is 2.61. The van der Waals surface area contributed by atoms with E-state index in [2.05, 4.69) is 100 Å². The highest BCUT2D eigenvalue weighted by Gasteiger charge is 2.34. The summed E-state index contributed by atoms with van der Waals surface area (Å²) in [4.78, 5) is 0. The van der Waals surface area contributed by atoms with E-state index >= 15 is 0 Å². The molecule has 0 bridgehead atoms. The fourth-order valence-electron chi connectivity index (χ4n) is 3.03. The van der Waals surface area contributed by atoms with Gasteiger partial charge in [-0.05, 0) is 24.3 Å². The Kier molecular flexibility index (Phi) is 4.00. The SMILES string of the molecule is c1ccc(N2CCN(c3ccccc3)P2c2ccccc2)cc1. The van der Waals surface area contributed by atoms with Gasteiger partial charge in [-0.1, -0.05) is 66.7 Å². The summed E-state index contributed by atoms with van der Waals surface area (Å²) in [5.74, 6) is 0. The van der Waals surface area contributed by atoms with Gasteiger partial charge in [0.2, 0.25) is 0 Å². The Labute approximate surface area is 138 Å². The smallest absolute Gasteiger partial charge is 0.129 e. The maximum atomic E-state index is 2.55. The largest absolute Gasteiger partial charge is 0.328 e. The van der Waals surface area contributed by atoms with Crippen LogP contribution in [0.2, 0.25) is 0 Å². The second-order valence-corrected chi connectivity index (χ2v) is 7.60. The molecule has 1 fully saturated rings. The summed E-state index contributed by atoms with van der Waals surface area (Å²) in [6, 6.07) is 32.4. The maximum absolute atomic E-state index is 2.55. The van der Waals surface area contributed by atoms with Crippen LogP contribution in [0.25, 0.3) is 0 Å². The van der Waals surface area contributed by atoms with E-state index in [-0.39, 0.29) is 0 Å². The van der Waals surface area contributed by atoms with Gasteiger partial charge < -0.3 is 9.34 Å². The van der Waals surface area contributed by atoms with Crippen molar-refractivity contribution < 1.29 is 0 Å². The third-order valence-electron chi connectivity index (χ3n) is 4.08. The van der Waals surface area contributed by atoms with Crippen LogP contribution in [0.3, 0.4) is 0 Å². The first-order valence-electron chi connectivity index (χ1n) is 7.94. The Morgan fingerprint density at radius 2 is 0.913 bits per heavy atom. The van der Waals surface area contributed by atoms with E-state index in [1.807, 2.05) is 0 Å². The first-order chi connectivity index (χ1) is 11.4. The van der Waals surface area contributed by atoms with E-state index < -0.39 is 8.22 Å². The first kappa shape index (κ1) is 14.3. The third kappa shape index (κ3) is 2.83. The van der Waals surface area contributed by atoms with Crippen LogP contribution in [0.4, 0.5) is 11.4 Å². The van der Waals surface area contributed by atoms with Crippen molar-refractivity contribution in [2.45, 2.75) is 0 Å². The van der Waals surface area contributed by atoms with Crippen molar-refractivity contribution in [2.75, 3.05) is 22.4 Å². The number of benzene rings is 3. The lowest BCUT2D eigenvalue weighted by molar-refractivity contribution is 1.02. The van der Waals surface area contributed by atoms with Gasteiger partial charge in [0.15, 0.2) is 0 Å². The van der Waals surface area contributed by atoms with Crippen molar-refractivity contribution in [3.05, 3.63) is 91.0 Å². The Bertz CT molecular complexity index is 699. The Morgan fingerprint density at radius 1 is 0.522 bits per heavy atom. The lowest BCUT2D eigenvalue weighted by atomic mass is 10.3. The lowest BCUT2D eigenvalue weighted by Crippen LogP contribution is -2.22. The number of rotatable bonds is 3. The van der Waals surface area contributed by atoms with Crippen LogP contribution in [0, 0.1) is 0 Å². The Hall–Kier alpha value is -2.31. The predicted molar refractivity (Wildman–Crippen MR) is 101 cm³/mol. The second kappa shape index (κ2) is 6.44. The number of para-hydroxylation sites is 2. The Morgan fingerprint density at radius 3 is 1.35 bits per heavy atom. The molecule has 2 nitrogen and oxygen atoms in total. The predicted octanol–water partition coefficient (Wildman–Crippen LogP) is 4.65. The van der Waals surface area contributed by atoms with Gasteiger partial charge in [-0.25, -0.2) is 0 Å². The van der Waals surface area contributed by atoms with Crippen LogP contribution < -0.4 is 14.6 Å². The van der Waals surface area contributed by atoms with Crippen molar-refractivity contribution in [1.82, 2.24) is 0 Å². The molecule has 0 radical (unpaired) electrons. The number of anilines is 2. The van der Waals surface area contributed by atoms with Crippen LogP contribution in [-0.4, -0.2) is 13.1 Å². The van der Waals surface area contributed by atoms with E-state index in [4.69, 9.17) is 0 Å². The van der Waals surface area contributed by atoms with E-state index in [1.54, 1.807) is 0 Å². The fourth-order valence-corrected chi connectivity index (χ4v) is 5.55. The molecule has 114 valence electrons. The van der Waals surface area contributed by atoms with E-state index in [1.165, 1.54) is 16.7 Å². The summed E-state index contributed by atoms with van der Waals surface area (Å²) in [6.45, 7) is 2.11. The van der Waals surface area contributed by atoms with Gasteiger partial charge in [-0.2, -0.15) is 0 Å². The highest BCUT2D eigenvalue weighted by molar-refractivity contribution is 7.69. The molecule has 1 aliphatic rings. The maximum Gasteiger partial charge on any atom is 0.129 e. The number of hydrogen-bond donors (Lipinski definition) is 0. The molecule has 0 aliphatic carbocycles. The van der Waals surface area contributed by atoms with Crippen molar-refractivity contribution in [2.24, 2.45) is 0 Å². The molecule has 0 saturated carbocycles. The fraction of sp³-hybridized carbons (Fsp3) is 0.100. The summed E-state index contributed by atoms with van der Waals surface area (Å²) in [6.07, 6.45) is 0. The quantitative estimate of drug-likeness (QED) is 0.649. The van der Waals surface area contributed by atoms with Crippen molar-refractivity contribution in [3.63, 3.8) is 0 Å². The molecule has 1 saturated heterocycles. The molecule has 0 N–H and O–H groups in total. The minimum Gasteiger partial charge on any atom is -0.328 e. The average Bonchev–Trinajstić information content (AvgIpc) is 3.09. The monoisotopic (exact) mass is 318 g/mol. The van der Waals surface area contributed by atoms with Gasteiger partial charge in [0.25, 0.3) is 0 Å². The van der Waals surface area contributed by atoms with Gasteiger partial charge in [0.1, 0.15) is 8.22 Å². The third-order valence-corrected chi connectivity index (χ3v) is 6.61. The molecule has 1 heterocycles. The molecule has 23 heavy (non-hydrogen) atoms. The molecule has 0 aromatic heterocycles. The molecule has 0 amide bonds. The van der Waals surface area contributed by atoms with Gasteiger partial charge in [0, 0.05) is 29.8 Å². The van der Waals surface area contributed by atoms with Gasteiger partial charge >= 0.3 is 0 Å². The number of hydrogen-bond acceptors (Lipinski definition) is 2. The standard InChI is InChI=1S/C20H19N2P/c1-4-10-18(11-5-1)21-16-17-22(19-12-6-2-7-13-19)23(21)20-14-8-3-9-15-20/h1-15H,16-17H2. The summed E-state index contributed by atoms with van der Waals surface area (Å²) in [7, 11) is -0.553. The van der Waals surface area contributed by atoms with E-state index in [0.29, 0.717) is 0 Å². The topological polar surface area (TPSA) is 6.48 Å². The van der Waals surface area contributed by atoms with Crippen LogP contribution in [0.1, 0.15) is 0 Å². The molecule has 3 aromatic rings. The van der Waals surface area contributed by atoms with Crippen molar-refractivity contribution in [1.29, 1.82) is 0 Å². The molecule has 1 aliphatic heterocycles. The first-order valence-corrected chi connectivity index (χ1v) is 9.18. The minimum absolute atomic E-state index is 0.553. The molecule has 4 rings (SSSR count). The van der Waals surface area contributed by atoms with Crippen LogP contribution in [0.5, 0.6) is 0 Å². The van der Waals surface area contributed by atoms with E-state index in [0.717, 1.165) is 13.1 Å². The van der Waals surface area contributed by atoms with Gasteiger partial charge in [-0.3, -0.25) is 0 Å². The average molecular weight is 318 g/mol. The molecule has 3 aromatic carbocycles. The van der Waals surface area contributed by atoms with Crippen LogP contribution in [0.15, 0.2) is 91.0 Å². The lowest BCUT2D eigenvalue weighted by Gasteiger charge is -2.32. The zero-order valence-electron chi connectivity index (χ0n) is 12.9. The van der Waals surface area contributed by atoms with Gasteiger partial charge in [0.05, 0.1) is 0 Å². The van der Waals surface area contributed by atoms with Crippen molar-refractivity contribution >= 4 is 24.9 Å². The molecule has 3 heteroatoms. The summed E-state index contributed by atoms with van der Waals surface area (Å²) >= 11 is 0. The highest BCUT2D eigenvalue weighted by atomic mass is 31.1. The molecule has 0 unspecified atom stereocenters. The van der Waals surface area contributed by atoms with Crippen LogP contribution in [-0.2, 0) is 0 Å². The second-order valence-electron chi connectivity index (χ2n) is 5.54. The van der Waals surface area contributed by atoms with Crippen molar-refractivity contribution in [3.8, 4) is 0 Å². The molecular weight excluding hydrogens is 299 g/mol. The van der Waals surface area contributed by atoms with Gasteiger partial charge in [-0.15, -0.1) is 0 Å². The molecule has 0 spiro atoms. The molecular formula is C20H19N2P. The van der Waals surface area contributed by atoms with Crippen LogP contribution >= 0.6 is 8.22 Å². The normalized spacial score (nSPS) is 15.1. The minimum atomic E-state index is -0.553. The zero-order valence-corrected chi connectivity index (χ0v) is 13.8. The molecule has 0 atom stereocenters. The highest BCUT2D eigenvalue weighted by Crippen LogP contribution is 2.52.